The van der Waals surface area contributed by atoms with E-state index in [-0.39, 0.29) is 18.8 Å². The molecule has 0 unspecified atom stereocenters. The molecule has 116 valence electrons. The first-order valence-corrected chi connectivity index (χ1v) is 7.77. The molecule has 2 aromatic rings. The Morgan fingerprint density at radius 2 is 1.55 bits per heavy atom. The van der Waals surface area contributed by atoms with Crippen LogP contribution in [0.4, 0.5) is 8.78 Å². The highest BCUT2D eigenvalue weighted by molar-refractivity contribution is 5.30. The highest BCUT2D eigenvalue weighted by atomic mass is 19.3. The van der Waals surface area contributed by atoms with Crippen LogP contribution in [0.25, 0.3) is 0 Å². The minimum atomic E-state index is -2.46. The van der Waals surface area contributed by atoms with E-state index in [1.54, 1.807) is 0 Å². The molecule has 0 atom stereocenters. The Kier molecular flexibility index (Phi) is 4.41. The van der Waals surface area contributed by atoms with E-state index in [4.69, 9.17) is 4.74 Å². The van der Waals surface area contributed by atoms with Crippen LogP contribution < -0.4 is 4.74 Å². The highest BCUT2D eigenvalue weighted by Gasteiger charge is 2.35. The third-order valence-electron chi connectivity index (χ3n) is 4.32. The maximum atomic E-state index is 13.2. The first-order chi connectivity index (χ1) is 10.6. The predicted molar refractivity (Wildman–Crippen MR) is 83.4 cm³/mol. The molecule has 3 rings (SSSR count). The van der Waals surface area contributed by atoms with Crippen LogP contribution in [-0.2, 0) is 6.61 Å². The van der Waals surface area contributed by atoms with Crippen LogP contribution in [0.5, 0.6) is 5.75 Å². The molecule has 0 spiro atoms. The molecule has 1 fully saturated rings. The summed E-state index contributed by atoms with van der Waals surface area (Å²) in [6.45, 7) is 0.538. The Balaban J connectivity index is 1.56. The Hall–Kier alpha value is -1.90. The molecule has 0 radical (unpaired) electrons. The second-order valence-corrected chi connectivity index (χ2v) is 5.97. The summed E-state index contributed by atoms with van der Waals surface area (Å²) in [6.07, 6.45) is 1.14. The molecular formula is C19H20F2O. The Morgan fingerprint density at radius 1 is 0.909 bits per heavy atom. The molecule has 0 heterocycles. The minimum Gasteiger partial charge on any atom is -0.489 e. The van der Waals surface area contributed by atoms with Gasteiger partial charge in [0.25, 0.3) is 0 Å². The van der Waals surface area contributed by atoms with Gasteiger partial charge in [0.1, 0.15) is 12.4 Å². The van der Waals surface area contributed by atoms with E-state index >= 15 is 0 Å². The summed E-state index contributed by atoms with van der Waals surface area (Å²) in [4.78, 5) is 0. The van der Waals surface area contributed by atoms with Crippen molar-refractivity contribution in [2.75, 3.05) is 0 Å². The zero-order valence-corrected chi connectivity index (χ0v) is 12.5. The molecular weight excluding hydrogens is 282 g/mol. The molecule has 1 saturated carbocycles. The lowest BCUT2D eigenvalue weighted by Crippen LogP contribution is -2.23. The minimum absolute atomic E-state index is 0.00389. The quantitative estimate of drug-likeness (QED) is 0.718. The van der Waals surface area contributed by atoms with Crippen LogP contribution in [0.1, 0.15) is 42.7 Å². The van der Waals surface area contributed by atoms with Gasteiger partial charge >= 0.3 is 0 Å². The lowest BCUT2D eigenvalue weighted by atomic mass is 9.82. The SMILES string of the molecule is FC1(F)CCC(c2ccc(OCc3ccccc3)cc2)CC1. The molecule has 22 heavy (non-hydrogen) atoms. The van der Waals surface area contributed by atoms with Crippen molar-refractivity contribution < 1.29 is 13.5 Å². The van der Waals surface area contributed by atoms with E-state index in [2.05, 4.69) is 0 Å². The van der Waals surface area contributed by atoms with Gasteiger partial charge in [0, 0.05) is 12.8 Å². The van der Waals surface area contributed by atoms with Crippen molar-refractivity contribution in [3.63, 3.8) is 0 Å². The molecule has 1 nitrogen and oxygen atoms in total. The highest BCUT2D eigenvalue weighted by Crippen LogP contribution is 2.41. The number of hydrogen-bond acceptors (Lipinski definition) is 1. The van der Waals surface area contributed by atoms with Gasteiger partial charge in [0.2, 0.25) is 5.92 Å². The molecule has 2 aromatic carbocycles. The van der Waals surface area contributed by atoms with Gasteiger partial charge in [-0.25, -0.2) is 8.78 Å². The third-order valence-corrected chi connectivity index (χ3v) is 4.32. The van der Waals surface area contributed by atoms with E-state index in [0.717, 1.165) is 16.9 Å². The van der Waals surface area contributed by atoms with Crippen molar-refractivity contribution in [2.45, 2.75) is 44.1 Å². The van der Waals surface area contributed by atoms with E-state index in [1.807, 2.05) is 54.6 Å². The fraction of sp³-hybridized carbons (Fsp3) is 0.368. The number of benzene rings is 2. The fourth-order valence-corrected chi connectivity index (χ4v) is 2.95. The molecule has 3 heteroatoms. The summed E-state index contributed by atoms with van der Waals surface area (Å²) < 4.78 is 32.1. The summed E-state index contributed by atoms with van der Waals surface area (Å²) in [7, 11) is 0. The standard InChI is InChI=1S/C19H20F2O/c20-19(21)12-10-17(11-13-19)16-6-8-18(9-7-16)22-14-15-4-2-1-3-5-15/h1-9,17H,10-14H2. The summed E-state index contributed by atoms with van der Waals surface area (Å²) in [6, 6.07) is 17.9. The van der Waals surface area contributed by atoms with Gasteiger partial charge in [-0.05, 0) is 42.0 Å². The second kappa shape index (κ2) is 6.47. The third kappa shape index (κ3) is 3.85. The smallest absolute Gasteiger partial charge is 0.248 e. The summed E-state index contributed by atoms with van der Waals surface area (Å²) in [5.41, 5.74) is 2.27. The van der Waals surface area contributed by atoms with E-state index in [0.29, 0.717) is 19.4 Å². The Labute approximate surface area is 129 Å². The van der Waals surface area contributed by atoms with Gasteiger partial charge in [-0.1, -0.05) is 42.5 Å². The average molecular weight is 302 g/mol. The van der Waals surface area contributed by atoms with Crippen LogP contribution in [0, 0.1) is 0 Å². The normalized spacial score (nSPS) is 18.1. The summed E-state index contributed by atoms with van der Waals surface area (Å²) in [5.74, 6) is -1.40. The molecule has 1 aliphatic carbocycles. The van der Waals surface area contributed by atoms with Gasteiger partial charge in [-0.3, -0.25) is 0 Å². The molecule has 0 bridgehead atoms. The first kappa shape index (κ1) is 15.0. The van der Waals surface area contributed by atoms with E-state index in [9.17, 15) is 8.78 Å². The maximum absolute atomic E-state index is 13.2. The number of ether oxygens (including phenoxy) is 1. The number of halogens is 2. The van der Waals surface area contributed by atoms with Gasteiger partial charge in [-0.2, -0.15) is 0 Å². The van der Waals surface area contributed by atoms with Crippen LogP contribution in [0.15, 0.2) is 54.6 Å². The van der Waals surface area contributed by atoms with Crippen molar-refractivity contribution in [1.82, 2.24) is 0 Å². The zero-order chi connectivity index (χ0) is 15.4. The lowest BCUT2D eigenvalue weighted by molar-refractivity contribution is -0.0382. The molecule has 1 aliphatic rings. The topological polar surface area (TPSA) is 9.23 Å². The first-order valence-electron chi connectivity index (χ1n) is 7.77. The van der Waals surface area contributed by atoms with Crippen molar-refractivity contribution in [2.24, 2.45) is 0 Å². The van der Waals surface area contributed by atoms with Crippen LogP contribution >= 0.6 is 0 Å². The van der Waals surface area contributed by atoms with E-state index in [1.165, 1.54) is 0 Å². The van der Waals surface area contributed by atoms with Crippen molar-refractivity contribution >= 4 is 0 Å². The second-order valence-electron chi connectivity index (χ2n) is 5.97. The molecule has 0 aliphatic heterocycles. The molecule has 0 amide bonds. The molecule has 0 N–H and O–H groups in total. The lowest BCUT2D eigenvalue weighted by Gasteiger charge is -2.28. The Bertz CT molecular complexity index is 583. The monoisotopic (exact) mass is 302 g/mol. The molecule has 0 aromatic heterocycles. The van der Waals surface area contributed by atoms with E-state index < -0.39 is 5.92 Å². The summed E-state index contributed by atoms with van der Waals surface area (Å²) >= 11 is 0. The number of alkyl halides is 2. The van der Waals surface area contributed by atoms with Crippen LogP contribution in [0.2, 0.25) is 0 Å². The van der Waals surface area contributed by atoms with Gasteiger partial charge in [0.05, 0.1) is 0 Å². The van der Waals surface area contributed by atoms with Gasteiger partial charge in [-0.15, -0.1) is 0 Å². The predicted octanol–water partition coefficient (Wildman–Crippen LogP) is 5.56. The fourth-order valence-electron chi connectivity index (χ4n) is 2.95. The Morgan fingerprint density at radius 3 is 2.18 bits per heavy atom. The summed E-state index contributed by atoms with van der Waals surface area (Å²) in [5, 5.41) is 0. The van der Waals surface area contributed by atoms with Gasteiger partial charge in [0.15, 0.2) is 0 Å². The van der Waals surface area contributed by atoms with Crippen molar-refractivity contribution in [1.29, 1.82) is 0 Å². The van der Waals surface area contributed by atoms with Crippen molar-refractivity contribution in [3.05, 3.63) is 65.7 Å². The van der Waals surface area contributed by atoms with Gasteiger partial charge < -0.3 is 4.74 Å². The largest absolute Gasteiger partial charge is 0.489 e. The molecule has 0 saturated heterocycles. The number of rotatable bonds is 4. The number of hydrogen-bond donors (Lipinski definition) is 0. The van der Waals surface area contributed by atoms with Crippen LogP contribution in [-0.4, -0.2) is 5.92 Å². The average Bonchev–Trinajstić information content (AvgIpc) is 2.55. The maximum Gasteiger partial charge on any atom is 0.248 e. The van der Waals surface area contributed by atoms with Crippen molar-refractivity contribution in [3.8, 4) is 5.75 Å². The zero-order valence-electron chi connectivity index (χ0n) is 12.5. The van der Waals surface area contributed by atoms with Crippen LogP contribution in [0.3, 0.4) is 0 Å².